The van der Waals surface area contributed by atoms with Gasteiger partial charge in [-0.15, -0.1) is 0 Å². The van der Waals surface area contributed by atoms with Gasteiger partial charge in [0.15, 0.2) is 0 Å². The molecule has 4 heterocycles. The number of anilines is 6. The molecule has 0 bridgehead atoms. The number of nitrogens with zero attached hydrogens (tertiary/aromatic N) is 6. The quantitative estimate of drug-likeness (QED) is 0.130. The topological polar surface area (TPSA) is 58.0 Å². The van der Waals surface area contributed by atoms with Gasteiger partial charge in [-0.1, -0.05) is 123 Å². The zero-order valence-electron chi connectivity index (χ0n) is 33.3. The third-order valence-corrected chi connectivity index (χ3v) is 10.6. The summed E-state index contributed by atoms with van der Waals surface area (Å²) in [4.78, 5) is 23.4. The lowest BCUT2D eigenvalue weighted by Crippen LogP contribution is -2.55. The minimum atomic E-state index is 0.0785. The molecule has 0 radical (unpaired) electrons. The number of pyridine rings is 4. The molecule has 4 aromatic heterocycles. The monoisotopic (exact) mass is 740 g/mol. The molecule has 0 spiro atoms. The van der Waals surface area contributed by atoms with Crippen LogP contribution in [-0.2, 0) is 0 Å². The first kappa shape index (κ1) is 37.1. The van der Waals surface area contributed by atoms with Gasteiger partial charge in [-0.25, -0.2) is 19.9 Å². The van der Waals surface area contributed by atoms with Crippen molar-refractivity contribution in [1.29, 1.82) is 0 Å². The Morgan fingerprint density at radius 3 is 1.04 bits per heavy atom. The van der Waals surface area contributed by atoms with Crippen LogP contribution in [0.1, 0.15) is 33.4 Å². The number of benzene rings is 4. The standard InChI is InChI=1S/C50H45BN6/c1-34-27-36(3)49(37(4)28-34)51(50-38(5)29-35(2)30-39(50)6)42-21-19-40(20-22-42)41-31-43(56(45-15-7-11-23-52-45)46-16-8-12-24-53-46)33-44(32-41)57(47-17-9-13-25-54-47)48-18-10-14-26-55-48/h7-33H,1-6H3. The van der Waals surface area contributed by atoms with Gasteiger partial charge in [0.1, 0.15) is 23.3 Å². The van der Waals surface area contributed by atoms with E-state index in [1.807, 2.05) is 97.6 Å². The summed E-state index contributed by atoms with van der Waals surface area (Å²) in [6.45, 7) is 13.5. The molecule has 278 valence electrons. The number of hydrogen-bond donors (Lipinski definition) is 0. The molecule has 0 amide bonds. The van der Waals surface area contributed by atoms with Crippen LogP contribution in [0.3, 0.4) is 0 Å². The number of rotatable bonds is 10. The number of aromatic nitrogens is 4. The highest BCUT2D eigenvalue weighted by Crippen LogP contribution is 2.41. The van der Waals surface area contributed by atoms with Gasteiger partial charge in [-0.3, -0.25) is 9.80 Å². The molecule has 0 atom stereocenters. The third-order valence-electron chi connectivity index (χ3n) is 10.6. The van der Waals surface area contributed by atoms with Gasteiger partial charge in [0, 0.05) is 24.8 Å². The Balaban J connectivity index is 1.33. The van der Waals surface area contributed by atoms with Crippen molar-refractivity contribution in [3.63, 3.8) is 0 Å². The Morgan fingerprint density at radius 1 is 0.368 bits per heavy atom. The molecule has 0 aliphatic heterocycles. The summed E-state index contributed by atoms with van der Waals surface area (Å²) >= 11 is 0. The van der Waals surface area contributed by atoms with E-state index in [-0.39, 0.29) is 6.71 Å². The molecule has 4 aromatic carbocycles. The molecule has 0 aliphatic carbocycles. The maximum absolute atomic E-state index is 4.80. The van der Waals surface area contributed by atoms with Crippen LogP contribution in [0.5, 0.6) is 0 Å². The summed E-state index contributed by atoms with van der Waals surface area (Å²) in [5.74, 6) is 3.03. The van der Waals surface area contributed by atoms with Gasteiger partial charge in [0.2, 0.25) is 6.71 Å². The van der Waals surface area contributed by atoms with E-state index in [1.165, 1.54) is 49.8 Å². The minimum Gasteiger partial charge on any atom is -0.279 e. The second-order valence-corrected chi connectivity index (χ2v) is 14.8. The first-order valence-corrected chi connectivity index (χ1v) is 19.4. The van der Waals surface area contributed by atoms with Gasteiger partial charge in [-0.05, 0) is 119 Å². The van der Waals surface area contributed by atoms with Crippen molar-refractivity contribution in [1.82, 2.24) is 19.9 Å². The maximum atomic E-state index is 4.80. The summed E-state index contributed by atoms with van der Waals surface area (Å²) in [6.07, 6.45) is 7.25. The highest BCUT2D eigenvalue weighted by atomic mass is 15.3. The second kappa shape index (κ2) is 16.1. The highest BCUT2D eigenvalue weighted by Gasteiger charge is 2.29. The van der Waals surface area contributed by atoms with Crippen LogP contribution in [-0.4, -0.2) is 26.6 Å². The fraction of sp³-hybridized carbons (Fsp3) is 0.120. The summed E-state index contributed by atoms with van der Waals surface area (Å²) in [5.41, 5.74) is 15.7. The van der Waals surface area contributed by atoms with Crippen LogP contribution in [0.25, 0.3) is 11.1 Å². The minimum absolute atomic E-state index is 0.0785. The van der Waals surface area contributed by atoms with Crippen molar-refractivity contribution < 1.29 is 0 Å². The van der Waals surface area contributed by atoms with Gasteiger partial charge < -0.3 is 0 Å². The molecule has 0 saturated heterocycles. The van der Waals surface area contributed by atoms with E-state index in [1.54, 1.807) is 0 Å². The Morgan fingerprint density at radius 2 is 0.719 bits per heavy atom. The molecule has 57 heavy (non-hydrogen) atoms. The largest absolute Gasteiger partial charge is 0.279 e. The van der Waals surface area contributed by atoms with Crippen molar-refractivity contribution in [3.8, 4) is 11.1 Å². The summed E-state index contributed by atoms with van der Waals surface area (Å²) < 4.78 is 0. The normalized spacial score (nSPS) is 11.0. The Labute approximate surface area is 336 Å². The van der Waals surface area contributed by atoms with Gasteiger partial charge in [0.25, 0.3) is 0 Å². The first-order valence-electron chi connectivity index (χ1n) is 19.4. The molecular formula is C50H45BN6. The van der Waals surface area contributed by atoms with E-state index < -0.39 is 0 Å². The van der Waals surface area contributed by atoms with Crippen molar-refractivity contribution in [3.05, 3.63) is 198 Å². The number of aryl methyl sites for hydroxylation is 6. The fourth-order valence-corrected chi connectivity index (χ4v) is 8.37. The second-order valence-electron chi connectivity index (χ2n) is 14.8. The molecule has 8 aromatic rings. The molecule has 0 saturated carbocycles. The molecule has 0 aliphatic rings. The lowest BCUT2D eigenvalue weighted by molar-refractivity contribution is 1.11. The van der Waals surface area contributed by atoms with Crippen molar-refractivity contribution >= 4 is 57.7 Å². The third kappa shape index (κ3) is 7.69. The van der Waals surface area contributed by atoms with Crippen molar-refractivity contribution in [2.45, 2.75) is 41.5 Å². The van der Waals surface area contributed by atoms with E-state index in [0.29, 0.717) is 0 Å². The molecule has 7 heteroatoms. The lowest BCUT2D eigenvalue weighted by atomic mass is 9.34. The highest BCUT2D eigenvalue weighted by molar-refractivity contribution is 6.96. The molecule has 0 N–H and O–H groups in total. The molecule has 6 nitrogen and oxygen atoms in total. The summed E-state index contributed by atoms with van der Waals surface area (Å²) in [7, 11) is 0. The zero-order chi connectivity index (χ0) is 39.5. The zero-order valence-corrected chi connectivity index (χ0v) is 33.3. The van der Waals surface area contributed by atoms with Crippen LogP contribution in [0.15, 0.2) is 164 Å². The molecule has 8 rings (SSSR count). The van der Waals surface area contributed by atoms with Crippen molar-refractivity contribution in [2.24, 2.45) is 0 Å². The fourth-order valence-electron chi connectivity index (χ4n) is 8.37. The smallest absolute Gasteiger partial charge is 0.242 e. The number of hydrogen-bond acceptors (Lipinski definition) is 6. The van der Waals surface area contributed by atoms with E-state index in [9.17, 15) is 0 Å². The van der Waals surface area contributed by atoms with Gasteiger partial charge >= 0.3 is 0 Å². The van der Waals surface area contributed by atoms with Gasteiger partial charge in [0.05, 0.1) is 11.4 Å². The van der Waals surface area contributed by atoms with E-state index in [0.717, 1.165) is 45.8 Å². The average molecular weight is 741 g/mol. The SMILES string of the molecule is Cc1cc(C)c(B(c2ccc(-c3cc(N(c4ccccn4)c4ccccn4)cc(N(c4ccccn4)c4ccccn4)c3)cc2)c2c(C)cc(C)cc2C)c(C)c1. The predicted octanol–water partition coefficient (Wildman–Crippen LogP) is 10.2. The van der Waals surface area contributed by atoms with Gasteiger partial charge in [-0.2, -0.15) is 0 Å². The average Bonchev–Trinajstić information content (AvgIpc) is 3.21. The van der Waals surface area contributed by atoms with Crippen LogP contribution < -0.4 is 26.2 Å². The molecular weight excluding hydrogens is 695 g/mol. The van der Waals surface area contributed by atoms with Crippen molar-refractivity contribution in [2.75, 3.05) is 9.80 Å². The Bertz CT molecular complexity index is 2350. The van der Waals surface area contributed by atoms with E-state index >= 15 is 0 Å². The predicted molar refractivity (Wildman–Crippen MR) is 238 cm³/mol. The van der Waals surface area contributed by atoms with E-state index in [2.05, 4.69) is 118 Å². The van der Waals surface area contributed by atoms with Crippen LogP contribution in [0, 0.1) is 41.5 Å². The lowest BCUT2D eigenvalue weighted by Gasteiger charge is -2.28. The maximum Gasteiger partial charge on any atom is 0.242 e. The molecule has 0 unspecified atom stereocenters. The Hall–Kier alpha value is -6.86. The van der Waals surface area contributed by atoms with Crippen LogP contribution >= 0.6 is 0 Å². The van der Waals surface area contributed by atoms with E-state index in [4.69, 9.17) is 19.9 Å². The van der Waals surface area contributed by atoms with Crippen LogP contribution in [0.4, 0.5) is 34.6 Å². The first-order chi connectivity index (χ1) is 27.7. The summed E-state index contributed by atoms with van der Waals surface area (Å²) in [5, 5.41) is 0. The van der Waals surface area contributed by atoms with Crippen LogP contribution in [0.2, 0.25) is 0 Å². The Kier molecular flexibility index (Phi) is 10.5. The summed E-state index contributed by atoms with van der Waals surface area (Å²) in [6, 6.07) is 48.8. The molecule has 0 fully saturated rings.